The number of aromatic amines is 1. The summed E-state index contributed by atoms with van der Waals surface area (Å²) >= 11 is -0.0716. The fraction of sp³-hybridized carbons (Fsp3) is 0.0588. The summed E-state index contributed by atoms with van der Waals surface area (Å²) in [7, 11) is -3.48. The standard InChI is InChI=1S/C17H15NO2SSe/c1-13-7-9-14(10-8-13)21(19,20)16-11-12-18-17(16)22-15-5-3-2-4-6-15/h2-12,18H,1H3. The van der Waals surface area contributed by atoms with E-state index in [4.69, 9.17) is 0 Å². The van der Waals surface area contributed by atoms with Gasteiger partial charge in [0.05, 0.1) is 0 Å². The van der Waals surface area contributed by atoms with Crippen molar-refractivity contribution in [1.29, 1.82) is 0 Å². The fourth-order valence-corrected chi connectivity index (χ4v) is 6.02. The van der Waals surface area contributed by atoms with Gasteiger partial charge in [-0.3, -0.25) is 0 Å². The Balaban J connectivity index is 1.99. The quantitative estimate of drug-likeness (QED) is 0.707. The van der Waals surface area contributed by atoms with Gasteiger partial charge < -0.3 is 0 Å². The number of hydrogen-bond donors (Lipinski definition) is 1. The first-order valence-corrected chi connectivity index (χ1v) is 9.99. The van der Waals surface area contributed by atoms with E-state index in [1.807, 2.05) is 49.4 Å². The molecule has 0 aliphatic rings. The fourth-order valence-electron chi connectivity index (χ4n) is 2.08. The van der Waals surface area contributed by atoms with Crippen molar-refractivity contribution in [2.75, 3.05) is 0 Å². The molecule has 0 spiro atoms. The number of rotatable bonds is 4. The Hall–Kier alpha value is -1.81. The van der Waals surface area contributed by atoms with Gasteiger partial charge in [0.2, 0.25) is 0 Å². The summed E-state index contributed by atoms with van der Waals surface area (Å²) in [6.07, 6.45) is 1.70. The zero-order chi connectivity index (χ0) is 15.6. The van der Waals surface area contributed by atoms with Crippen LogP contribution in [0.25, 0.3) is 0 Å². The minimum atomic E-state index is -3.48. The average Bonchev–Trinajstić information content (AvgIpc) is 2.98. The molecular weight excluding hydrogens is 361 g/mol. The van der Waals surface area contributed by atoms with Gasteiger partial charge in [-0.1, -0.05) is 0 Å². The van der Waals surface area contributed by atoms with Gasteiger partial charge in [-0.2, -0.15) is 0 Å². The van der Waals surface area contributed by atoms with Crippen molar-refractivity contribution in [1.82, 2.24) is 4.98 Å². The third kappa shape index (κ3) is 3.02. The van der Waals surface area contributed by atoms with E-state index in [-0.39, 0.29) is 15.0 Å². The summed E-state index contributed by atoms with van der Waals surface area (Å²) in [5, 5.41) is 0. The third-order valence-corrected chi connectivity index (χ3v) is 7.56. The van der Waals surface area contributed by atoms with Gasteiger partial charge in [0.25, 0.3) is 0 Å². The molecule has 1 aromatic heterocycles. The number of H-pyrrole nitrogens is 1. The van der Waals surface area contributed by atoms with Crippen LogP contribution in [0.5, 0.6) is 0 Å². The molecule has 0 fully saturated rings. The van der Waals surface area contributed by atoms with Gasteiger partial charge in [0.15, 0.2) is 0 Å². The van der Waals surface area contributed by atoms with Crippen molar-refractivity contribution in [2.24, 2.45) is 0 Å². The second-order valence-corrected chi connectivity index (χ2v) is 9.09. The van der Waals surface area contributed by atoms with E-state index in [1.54, 1.807) is 24.4 Å². The van der Waals surface area contributed by atoms with Crippen LogP contribution in [0.4, 0.5) is 0 Å². The van der Waals surface area contributed by atoms with Gasteiger partial charge in [-0.15, -0.1) is 0 Å². The van der Waals surface area contributed by atoms with Crippen LogP contribution in [0, 0.1) is 6.92 Å². The van der Waals surface area contributed by atoms with Gasteiger partial charge >= 0.3 is 136 Å². The molecule has 112 valence electrons. The first kappa shape index (κ1) is 15.1. The first-order chi connectivity index (χ1) is 10.6. The van der Waals surface area contributed by atoms with E-state index in [2.05, 4.69) is 4.98 Å². The molecule has 2 aromatic carbocycles. The monoisotopic (exact) mass is 377 g/mol. The molecule has 3 aromatic rings. The second kappa shape index (κ2) is 6.13. The summed E-state index contributed by atoms with van der Waals surface area (Å²) in [6, 6.07) is 18.5. The van der Waals surface area contributed by atoms with E-state index in [9.17, 15) is 8.42 Å². The SMILES string of the molecule is Cc1ccc(S(=O)(=O)c2cc[nH]c2[Se]c2ccccc2)cc1. The molecule has 3 nitrogen and oxygen atoms in total. The molecular formula is C17H15NO2SSe. The molecule has 0 radical (unpaired) electrons. The number of aryl methyl sites for hydroxylation is 1. The van der Waals surface area contributed by atoms with Gasteiger partial charge in [-0.25, -0.2) is 0 Å². The summed E-state index contributed by atoms with van der Waals surface area (Å²) in [6.45, 7) is 1.94. The van der Waals surface area contributed by atoms with E-state index >= 15 is 0 Å². The molecule has 0 saturated carbocycles. The maximum absolute atomic E-state index is 12.8. The molecule has 3 rings (SSSR count). The molecule has 0 saturated heterocycles. The Kier molecular flexibility index (Phi) is 4.21. The molecule has 0 atom stereocenters. The number of benzene rings is 2. The Morgan fingerprint density at radius 3 is 2.27 bits per heavy atom. The molecule has 0 unspecified atom stereocenters. The van der Waals surface area contributed by atoms with Crippen LogP contribution in [0.15, 0.2) is 76.7 Å². The molecule has 22 heavy (non-hydrogen) atoms. The Morgan fingerprint density at radius 2 is 1.59 bits per heavy atom. The van der Waals surface area contributed by atoms with Crippen LogP contribution in [-0.4, -0.2) is 28.4 Å². The summed E-state index contributed by atoms with van der Waals surface area (Å²) in [4.78, 5) is 3.80. The van der Waals surface area contributed by atoms with Crippen LogP contribution in [0.3, 0.4) is 0 Å². The number of aromatic nitrogens is 1. The predicted octanol–water partition coefficient (Wildman–Crippen LogP) is 1.81. The van der Waals surface area contributed by atoms with E-state index in [0.717, 1.165) is 14.6 Å². The van der Waals surface area contributed by atoms with Crippen LogP contribution in [0.2, 0.25) is 0 Å². The second-order valence-electron chi connectivity index (χ2n) is 4.90. The zero-order valence-electron chi connectivity index (χ0n) is 12.0. The third-order valence-electron chi connectivity index (χ3n) is 3.26. The van der Waals surface area contributed by atoms with Crippen molar-refractivity contribution < 1.29 is 8.42 Å². The molecule has 5 heteroatoms. The predicted molar refractivity (Wildman–Crippen MR) is 88.9 cm³/mol. The number of nitrogens with one attached hydrogen (secondary N) is 1. The zero-order valence-corrected chi connectivity index (χ0v) is 14.5. The van der Waals surface area contributed by atoms with Gasteiger partial charge in [0, 0.05) is 0 Å². The van der Waals surface area contributed by atoms with Crippen molar-refractivity contribution in [2.45, 2.75) is 16.7 Å². The van der Waals surface area contributed by atoms with Crippen molar-refractivity contribution in [3.63, 3.8) is 0 Å². The summed E-state index contributed by atoms with van der Waals surface area (Å²) in [5.74, 6) is 0. The van der Waals surface area contributed by atoms with E-state index < -0.39 is 9.84 Å². The van der Waals surface area contributed by atoms with Crippen molar-refractivity contribution in [3.8, 4) is 0 Å². The normalized spacial score (nSPS) is 11.5. The molecule has 0 amide bonds. The number of sulfone groups is 1. The topological polar surface area (TPSA) is 49.9 Å². The average molecular weight is 376 g/mol. The molecule has 1 N–H and O–H groups in total. The molecule has 0 aliphatic heterocycles. The minimum absolute atomic E-state index is 0.0716. The van der Waals surface area contributed by atoms with Crippen molar-refractivity contribution in [3.05, 3.63) is 72.4 Å². The van der Waals surface area contributed by atoms with Crippen LogP contribution < -0.4 is 9.05 Å². The van der Waals surface area contributed by atoms with Gasteiger partial charge in [0.1, 0.15) is 0 Å². The molecule has 1 heterocycles. The Morgan fingerprint density at radius 1 is 0.909 bits per heavy atom. The number of hydrogen-bond acceptors (Lipinski definition) is 2. The van der Waals surface area contributed by atoms with Crippen LogP contribution in [-0.2, 0) is 9.84 Å². The van der Waals surface area contributed by atoms with Crippen molar-refractivity contribution >= 4 is 33.8 Å². The summed E-state index contributed by atoms with van der Waals surface area (Å²) in [5.41, 5.74) is 1.04. The van der Waals surface area contributed by atoms with Gasteiger partial charge in [-0.05, 0) is 0 Å². The van der Waals surface area contributed by atoms with E-state index in [0.29, 0.717) is 9.79 Å². The molecule has 0 bridgehead atoms. The maximum atomic E-state index is 12.8. The summed E-state index contributed by atoms with van der Waals surface area (Å²) < 4.78 is 27.5. The van der Waals surface area contributed by atoms with Crippen LogP contribution in [0.1, 0.15) is 5.56 Å². The van der Waals surface area contributed by atoms with Crippen LogP contribution >= 0.6 is 0 Å². The Bertz CT molecular complexity index is 869. The first-order valence-electron chi connectivity index (χ1n) is 6.79. The molecule has 0 aliphatic carbocycles. The Labute approximate surface area is 136 Å². The van der Waals surface area contributed by atoms with E-state index in [1.165, 1.54) is 0 Å².